The lowest BCUT2D eigenvalue weighted by Crippen LogP contribution is -2.46. The predicted molar refractivity (Wildman–Crippen MR) is 85.1 cm³/mol. The predicted octanol–water partition coefficient (Wildman–Crippen LogP) is 2.77. The zero-order valence-corrected chi connectivity index (χ0v) is 13.4. The van der Waals surface area contributed by atoms with Crippen LogP contribution in [0.5, 0.6) is 0 Å². The molecule has 0 radical (unpaired) electrons. The molecule has 4 rings (SSSR count). The quantitative estimate of drug-likeness (QED) is 0.729. The Kier molecular flexibility index (Phi) is 2.88. The number of H-pyrrole nitrogens is 1. The van der Waals surface area contributed by atoms with Gasteiger partial charge in [-0.05, 0) is 43.4 Å². The number of aromatic nitrogens is 1. The zero-order valence-electron chi connectivity index (χ0n) is 11.8. The molecule has 1 aromatic heterocycles. The third kappa shape index (κ3) is 1.90. The number of fused-ring (bicyclic) bond motifs is 3. The topological polar surface area (TPSA) is 82.2 Å². The van der Waals surface area contributed by atoms with Gasteiger partial charge in [-0.3, -0.25) is 4.79 Å². The lowest BCUT2D eigenvalue weighted by Gasteiger charge is -2.33. The van der Waals surface area contributed by atoms with Gasteiger partial charge in [0.2, 0.25) is 5.91 Å². The first-order valence-corrected chi connectivity index (χ1v) is 8.15. The van der Waals surface area contributed by atoms with Gasteiger partial charge < -0.3 is 15.4 Å². The Balaban J connectivity index is 1.90. The van der Waals surface area contributed by atoms with Crippen LogP contribution in [0.4, 0.5) is 0 Å². The fourth-order valence-electron chi connectivity index (χ4n) is 3.85. The number of aryl methyl sites for hydroxylation is 1. The number of carboxylic acid groups (broad SMARTS) is 1. The SMILES string of the molecule is O=C1CCC2(CCc3[nH]c4c(C(=O)O)ccc(Br)c4c3C2)N1. The van der Waals surface area contributed by atoms with Crippen LogP contribution < -0.4 is 5.32 Å². The van der Waals surface area contributed by atoms with E-state index in [1.807, 2.05) is 0 Å². The molecular formula is C16H15BrN2O3. The van der Waals surface area contributed by atoms with Crippen LogP contribution in [0.15, 0.2) is 16.6 Å². The number of hydrogen-bond acceptors (Lipinski definition) is 2. The molecule has 1 saturated heterocycles. The van der Waals surface area contributed by atoms with Crippen LogP contribution in [0, 0.1) is 0 Å². The highest BCUT2D eigenvalue weighted by Gasteiger charge is 2.41. The average Bonchev–Trinajstić information content (AvgIpc) is 3.01. The van der Waals surface area contributed by atoms with E-state index >= 15 is 0 Å². The number of carboxylic acids is 1. The van der Waals surface area contributed by atoms with Crippen LogP contribution in [0.2, 0.25) is 0 Å². The van der Waals surface area contributed by atoms with Crippen LogP contribution in [-0.4, -0.2) is 27.5 Å². The summed E-state index contributed by atoms with van der Waals surface area (Å²) in [5.41, 5.74) is 3.04. The molecule has 2 heterocycles. The molecule has 5 nitrogen and oxygen atoms in total. The van der Waals surface area contributed by atoms with Crippen LogP contribution in [0.25, 0.3) is 10.9 Å². The maximum absolute atomic E-state index is 11.6. The van der Waals surface area contributed by atoms with Crippen molar-refractivity contribution < 1.29 is 14.7 Å². The maximum atomic E-state index is 11.6. The van der Waals surface area contributed by atoms with Gasteiger partial charge in [0.05, 0.1) is 11.1 Å². The Morgan fingerprint density at radius 2 is 2.05 bits per heavy atom. The van der Waals surface area contributed by atoms with Gasteiger partial charge in [-0.2, -0.15) is 0 Å². The molecular weight excluding hydrogens is 348 g/mol. The standard InChI is InChI=1S/C16H15BrN2O3/c17-10-2-1-8(15(21)22)14-13(10)9-7-16(5-3-11(9)18-14)6-4-12(20)19-16/h1-2,18H,3-7H2,(H,19,20)(H,21,22). The number of aromatic carboxylic acids is 1. The lowest BCUT2D eigenvalue weighted by atomic mass is 9.79. The van der Waals surface area contributed by atoms with E-state index in [9.17, 15) is 14.7 Å². The summed E-state index contributed by atoms with van der Waals surface area (Å²) in [5.74, 6) is -0.812. The third-order valence-corrected chi connectivity index (χ3v) is 5.59. The number of carbonyl (C=O) groups is 2. The molecule has 114 valence electrons. The minimum atomic E-state index is -0.931. The zero-order chi connectivity index (χ0) is 15.5. The van der Waals surface area contributed by atoms with E-state index in [-0.39, 0.29) is 17.0 Å². The number of benzene rings is 1. The van der Waals surface area contributed by atoms with Gasteiger partial charge in [0.25, 0.3) is 0 Å². The van der Waals surface area contributed by atoms with Crippen molar-refractivity contribution in [1.82, 2.24) is 10.3 Å². The molecule has 6 heteroatoms. The van der Waals surface area contributed by atoms with Crippen LogP contribution in [0.1, 0.15) is 40.9 Å². The second-order valence-electron chi connectivity index (χ2n) is 6.24. The van der Waals surface area contributed by atoms with E-state index < -0.39 is 5.97 Å². The van der Waals surface area contributed by atoms with E-state index in [1.54, 1.807) is 12.1 Å². The van der Waals surface area contributed by atoms with Gasteiger partial charge in [0.15, 0.2) is 0 Å². The molecule has 2 aromatic rings. The Hall–Kier alpha value is -1.82. The van der Waals surface area contributed by atoms with Crippen LogP contribution >= 0.6 is 15.9 Å². The van der Waals surface area contributed by atoms with Gasteiger partial charge in [-0.1, -0.05) is 15.9 Å². The monoisotopic (exact) mass is 362 g/mol. The van der Waals surface area contributed by atoms with Gasteiger partial charge in [0.1, 0.15) is 0 Å². The first kappa shape index (κ1) is 13.8. The molecule has 1 amide bonds. The number of halogens is 1. The number of carbonyl (C=O) groups excluding carboxylic acids is 1. The fraction of sp³-hybridized carbons (Fsp3) is 0.375. The van der Waals surface area contributed by atoms with E-state index in [0.717, 1.165) is 46.8 Å². The summed E-state index contributed by atoms with van der Waals surface area (Å²) in [6.07, 6.45) is 3.93. The smallest absolute Gasteiger partial charge is 0.337 e. The minimum Gasteiger partial charge on any atom is -0.478 e. The minimum absolute atomic E-state index is 0.119. The maximum Gasteiger partial charge on any atom is 0.337 e. The number of hydrogen-bond donors (Lipinski definition) is 3. The van der Waals surface area contributed by atoms with Crippen molar-refractivity contribution in [3.63, 3.8) is 0 Å². The molecule has 0 saturated carbocycles. The Bertz CT molecular complexity index is 826. The highest BCUT2D eigenvalue weighted by molar-refractivity contribution is 9.10. The second-order valence-corrected chi connectivity index (χ2v) is 7.09. The molecule has 1 atom stereocenters. The highest BCUT2D eigenvalue weighted by Crippen LogP contribution is 2.41. The molecule has 1 aromatic carbocycles. The van der Waals surface area contributed by atoms with E-state index in [0.29, 0.717) is 11.9 Å². The van der Waals surface area contributed by atoms with Crippen molar-refractivity contribution in [3.8, 4) is 0 Å². The average molecular weight is 363 g/mol. The van der Waals surface area contributed by atoms with Crippen molar-refractivity contribution >= 4 is 38.7 Å². The Morgan fingerprint density at radius 1 is 1.27 bits per heavy atom. The number of aromatic amines is 1. The lowest BCUT2D eigenvalue weighted by molar-refractivity contribution is -0.119. The summed E-state index contributed by atoms with van der Waals surface area (Å²) in [4.78, 5) is 26.4. The normalized spacial score (nSPS) is 23.8. The van der Waals surface area contributed by atoms with E-state index in [1.165, 1.54) is 0 Å². The van der Waals surface area contributed by atoms with Crippen molar-refractivity contribution in [2.24, 2.45) is 0 Å². The van der Waals surface area contributed by atoms with Crippen LogP contribution in [0.3, 0.4) is 0 Å². The van der Waals surface area contributed by atoms with Crippen molar-refractivity contribution in [3.05, 3.63) is 33.4 Å². The van der Waals surface area contributed by atoms with Crippen molar-refractivity contribution in [2.75, 3.05) is 0 Å². The van der Waals surface area contributed by atoms with Gasteiger partial charge in [0, 0.05) is 27.5 Å². The number of rotatable bonds is 1. The molecule has 1 unspecified atom stereocenters. The second kappa shape index (κ2) is 4.59. The molecule has 2 aliphatic rings. The number of nitrogens with one attached hydrogen (secondary N) is 2. The Labute approximate surface area is 135 Å². The summed E-state index contributed by atoms with van der Waals surface area (Å²) in [5, 5.41) is 13.5. The van der Waals surface area contributed by atoms with Gasteiger partial charge in [-0.25, -0.2) is 4.79 Å². The summed E-state index contributed by atoms with van der Waals surface area (Å²) in [7, 11) is 0. The first-order chi connectivity index (χ1) is 10.5. The molecule has 3 N–H and O–H groups in total. The van der Waals surface area contributed by atoms with Crippen LogP contribution in [-0.2, 0) is 17.6 Å². The van der Waals surface area contributed by atoms with Crippen molar-refractivity contribution in [1.29, 1.82) is 0 Å². The summed E-state index contributed by atoms with van der Waals surface area (Å²) in [6, 6.07) is 3.40. The first-order valence-electron chi connectivity index (χ1n) is 7.35. The van der Waals surface area contributed by atoms with E-state index in [2.05, 4.69) is 26.2 Å². The molecule has 1 aliphatic heterocycles. The summed E-state index contributed by atoms with van der Waals surface area (Å²) >= 11 is 3.55. The van der Waals surface area contributed by atoms with E-state index in [4.69, 9.17) is 0 Å². The number of amides is 1. The van der Waals surface area contributed by atoms with Gasteiger partial charge >= 0.3 is 5.97 Å². The Morgan fingerprint density at radius 3 is 2.73 bits per heavy atom. The third-order valence-electron chi connectivity index (χ3n) is 4.93. The van der Waals surface area contributed by atoms with Crippen molar-refractivity contribution in [2.45, 2.75) is 37.6 Å². The highest BCUT2D eigenvalue weighted by atomic mass is 79.9. The summed E-state index contributed by atoms with van der Waals surface area (Å²) in [6.45, 7) is 0. The molecule has 1 fully saturated rings. The summed E-state index contributed by atoms with van der Waals surface area (Å²) < 4.78 is 0.895. The molecule has 0 bridgehead atoms. The van der Waals surface area contributed by atoms with Gasteiger partial charge in [-0.15, -0.1) is 0 Å². The fourth-order valence-corrected chi connectivity index (χ4v) is 4.42. The molecule has 22 heavy (non-hydrogen) atoms. The largest absolute Gasteiger partial charge is 0.478 e. The molecule has 1 aliphatic carbocycles. The molecule has 1 spiro atoms.